The molecule has 10 heavy (non-hydrogen) atoms. The average Bonchev–Trinajstić information content (AvgIpc) is 1.94. The number of rotatable bonds is 0. The lowest BCUT2D eigenvalue weighted by molar-refractivity contribution is -0.0960. The molecule has 0 amide bonds. The van der Waals surface area contributed by atoms with E-state index in [9.17, 15) is 10.2 Å². The van der Waals surface area contributed by atoms with Crippen LogP contribution in [0.25, 0.3) is 0 Å². The summed E-state index contributed by atoms with van der Waals surface area (Å²) in [6, 6.07) is 0. The Morgan fingerprint density at radius 3 is 1.90 bits per heavy atom. The first kappa shape index (κ1) is 8.02. The van der Waals surface area contributed by atoms with Gasteiger partial charge in [0.2, 0.25) is 0 Å². The van der Waals surface area contributed by atoms with Crippen molar-refractivity contribution >= 4 is 0 Å². The molecule has 1 aliphatic carbocycles. The van der Waals surface area contributed by atoms with Gasteiger partial charge in [0.1, 0.15) is 0 Å². The highest BCUT2D eigenvalue weighted by molar-refractivity contribution is 5.01. The van der Waals surface area contributed by atoms with Crippen molar-refractivity contribution in [2.24, 2.45) is 5.41 Å². The molecular formula is C8H16O2. The van der Waals surface area contributed by atoms with E-state index in [1.54, 1.807) is 6.92 Å². The van der Waals surface area contributed by atoms with Crippen molar-refractivity contribution < 1.29 is 10.2 Å². The molecule has 0 aromatic heterocycles. The van der Waals surface area contributed by atoms with Gasteiger partial charge in [-0.15, -0.1) is 0 Å². The molecular weight excluding hydrogens is 128 g/mol. The van der Waals surface area contributed by atoms with Crippen LogP contribution in [0.3, 0.4) is 0 Å². The van der Waals surface area contributed by atoms with Gasteiger partial charge in [-0.05, 0) is 25.2 Å². The van der Waals surface area contributed by atoms with E-state index in [0.29, 0.717) is 0 Å². The zero-order valence-corrected chi connectivity index (χ0v) is 6.89. The van der Waals surface area contributed by atoms with E-state index in [2.05, 4.69) is 0 Å². The molecule has 1 rings (SSSR count). The first-order valence-electron chi connectivity index (χ1n) is 3.78. The van der Waals surface area contributed by atoms with Crippen LogP contribution < -0.4 is 0 Å². The highest BCUT2D eigenvalue weighted by atomic mass is 16.3. The summed E-state index contributed by atoms with van der Waals surface area (Å²) in [5, 5.41) is 19.1. The Kier molecular flexibility index (Phi) is 1.57. The van der Waals surface area contributed by atoms with Gasteiger partial charge in [0.15, 0.2) is 0 Å². The second kappa shape index (κ2) is 1.95. The Hall–Kier alpha value is -0.0800. The van der Waals surface area contributed by atoms with Gasteiger partial charge < -0.3 is 10.2 Å². The molecule has 0 aromatic carbocycles. The third-order valence-corrected chi connectivity index (χ3v) is 3.06. The van der Waals surface area contributed by atoms with Crippen LogP contribution in [0.4, 0.5) is 0 Å². The number of hydrogen-bond donors (Lipinski definition) is 2. The van der Waals surface area contributed by atoms with Gasteiger partial charge >= 0.3 is 0 Å². The summed E-state index contributed by atoms with van der Waals surface area (Å²) in [7, 11) is 0. The highest BCUT2D eigenvalue weighted by Crippen LogP contribution is 2.45. The normalized spacial score (nSPS) is 45.9. The molecule has 60 valence electrons. The van der Waals surface area contributed by atoms with Gasteiger partial charge in [-0.2, -0.15) is 0 Å². The van der Waals surface area contributed by atoms with Gasteiger partial charge in [-0.25, -0.2) is 0 Å². The van der Waals surface area contributed by atoms with Crippen molar-refractivity contribution in [3.63, 3.8) is 0 Å². The molecule has 0 radical (unpaired) electrons. The maximum absolute atomic E-state index is 9.74. The molecule has 1 aliphatic rings. The van der Waals surface area contributed by atoms with Gasteiger partial charge in [-0.1, -0.05) is 13.8 Å². The zero-order valence-electron chi connectivity index (χ0n) is 6.89. The molecule has 2 nitrogen and oxygen atoms in total. The van der Waals surface area contributed by atoms with E-state index in [0.717, 1.165) is 12.8 Å². The SMILES string of the molecule is CC1(C)CCC(O)C1(C)O. The second-order valence-corrected chi connectivity index (χ2v) is 4.09. The topological polar surface area (TPSA) is 40.5 Å². The predicted octanol–water partition coefficient (Wildman–Crippen LogP) is 0.918. The largest absolute Gasteiger partial charge is 0.390 e. The Labute approximate surface area is 61.9 Å². The molecule has 1 fully saturated rings. The fourth-order valence-electron chi connectivity index (χ4n) is 1.48. The maximum Gasteiger partial charge on any atom is 0.0927 e. The van der Waals surface area contributed by atoms with Gasteiger partial charge in [0, 0.05) is 0 Å². The molecule has 2 N–H and O–H groups in total. The van der Waals surface area contributed by atoms with Crippen LogP contribution in [-0.4, -0.2) is 21.9 Å². The number of aliphatic hydroxyl groups is 2. The summed E-state index contributed by atoms with van der Waals surface area (Å²) in [4.78, 5) is 0. The lowest BCUT2D eigenvalue weighted by Gasteiger charge is -2.35. The van der Waals surface area contributed by atoms with E-state index >= 15 is 0 Å². The minimum Gasteiger partial charge on any atom is -0.390 e. The zero-order chi connectivity index (χ0) is 7.99. The molecule has 2 heteroatoms. The molecule has 0 heterocycles. The summed E-state index contributed by atoms with van der Waals surface area (Å²) in [6.07, 6.45) is 1.09. The maximum atomic E-state index is 9.74. The van der Waals surface area contributed by atoms with E-state index < -0.39 is 11.7 Å². The molecule has 2 unspecified atom stereocenters. The quantitative estimate of drug-likeness (QED) is 0.530. The second-order valence-electron chi connectivity index (χ2n) is 4.09. The van der Waals surface area contributed by atoms with Crippen molar-refractivity contribution in [3.05, 3.63) is 0 Å². The Bertz CT molecular complexity index is 138. The van der Waals surface area contributed by atoms with Gasteiger partial charge in [0.05, 0.1) is 11.7 Å². The predicted molar refractivity (Wildman–Crippen MR) is 39.6 cm³/mol. The molecule has 0 spiro atoms. The van der Waals surface area contributed by atoms with E-state index in [1.165, 1.54) is 0 Å². The summed E-state index contributed by atoms with van der Waals surface area (Å²) in [5.41, 5.74) is -1.03. The Morgan fingerprint density at radius 1 is 1.30 bits per heavy atom. The molecule has 0 aliphatic heterocycles. The number of hydrogen-bond acceptors (Lipinski definition) is 2. The van der Waals surface area contributed by atoms with E-state index in [4.69, 9.17) is 0 Å². The molecule has 0 bridgehead atoms. The average molecular weight is 144 g/mol. The lowest BCUT2D eigenvalue weighted by Crippen LogP contribution is -2.44. The Morgan fingerprint density at radius 2 is 1.80 bits per heavy atom. The van der Waals surface area contributed by atoms with Crippen molar-refractivity contribution in [2.75, 3.05) is 0 Å². The van der Waals surface area contributed by atoms with Crippen molar-refractivity contribution in [3.8, 4) is 0 Å². The van der Waals surface area contributed by atoms with Crippen LogP contribution in [-0.2, 0) is 0 Å². The van der Waals surface area contributed by atoms with E-state index in [-0.39, 0.29) is 5.41 Å². The smallest absolute Gasteiger partial charge is 0.0927 e. The van der Waals surface area contributed by atoms with Crippen LogP contribution in [0.1, 0.15) is 33.6 Å². The minimum atomic E-state index is -0.896. The fraction of sp³-hybridized carbons (Fsp3) is 1.00. The lowest BCUT2D eigenvalue weighted by atomic mass is 9.78. The first-order chi connectivity index (χ1) is 4.38. The molecule has 0 saturated heterocycles. The van der Waals surface area contributed by atoms with Gasteiger partial charge in [-0.3, -0.25) is 0 Å². The summed E-state index contributed by atoms with van der Waals surface area (Å²) >= 11 is 0. The molecule has 0 aromatic rings. The summed E-state index contributed by atoms with van der Waals surface area (Å²) < 4.78 is 0. The van der Waals surface area contributed by atoms with Crippen LogP contribution >= 0.6 is 0 Å². The molecule has 2 atom stereocenters. The fourth-order valence-corrected chi connectivity index (χ4v) is 1.48. The van der Waals surface area contributed by atoms with Crippen molar-refractivity contribution in [1.82, 2.24) is 0 Å². The Balaban J connectivity index is 2.84. The van der Waals surface area contributed by atoms with Crippen molar-refractivity contribution in [2.45, 2.75) is 45.3 Å². The van der Waals surface area contributed by atoms with Crippen LogP contribution in [0.15, 0.2) is 0 Å². The van der Waals surface area contributed by atoms with Crippen LogP contribution in [0.2, 0.25) is 0 Å². The first-order valence-corrected chi connectivity index (χ1v) is 3.78. The van der Waals surface area contributed by atoms with Crippen LogP contribution in [0.5, 0.6) is 0 Å². The van der Waals surface area contributed by atoms with Crippen LogP contribution in [0, 0.1) is 5.41 Å². The van der Waals surface area contributed by atoms with Crippen molar-refractivity contribution in [1.29, 1.82) is 0 Å². The third kappa shape index (κ3) is 0.867. The minimum absolute atomic E-state index is 0.133. The summed E-state index contributed by atoms with van der Waals surface area (Å²) in [6.45, 7) is 5.69. The van der Waals surface area contributed by atoms with Gasteiger partial charge in [0.25, 0.3) is 0 Å². The third-order valence-electron chi connectivity index (χ3n) is 3.06. The highest BCUT2D eigenvalue weighted by Gasteiger charge is 2.50. The monoisotopic (exact) mass is 144 g/mol. The van der Waals surface area contributed by atoms with E-state index in [1.807, 2.05) is 13.8 Å². The standard InChI is InChI=1S/C8H16O2/c1-7(2)5-4-6(9)8(7,3)10/h6,9-10H,4-5H2,1-3H3. The molecule has 1 saturated carbocycles. The summed E-state index contributed by atoms with van der Waals surface area (Å²) in [5.74, 6) is 0. The number of aliphatic hydroxyl groups excluding tert-OH is 1.